The van der Waals surface area contributed by atoms with Crippen LogP contribution in [-0.4, -0.2) is 16.0 Å². The van der Waals surface area contributed by atoms with Gasteiger partial charge in [-0.25, -0.2) is 0 Å². The quantitative estimate of drug-likeness (QED) is 0.187. The smallest absolute Gasteiger partial charge is 0.303 e. The van der Waals surface area contributed by atoms with Gasteiger partial charge in [-0.1, -0.05) is 51.2 Å². The first kappa shape index (κ1) is 21.4. The van der Waals surface area contributed by atoms with Crippen molar-refractivity contribution in [2.45, 2.75) is 84.0 Å². The topological polar surface area (TPSA) is 80.4 Å². The molecule has 1 N–H and O–H groups in total. The van der Waals surface area contributed by atoms with Gasteiger partial charge in [0.2, 0.25) is 5.70 Å². The molecule has 0 aliphatic carbocycles. The van der Waals surface area contributed by atoms with Crippen molar-refractivity contribution in [3.63, 3.8) is 0 Å². The molecule has 23 heavy (non-hydrogen) atoms. The number of hydrogen-bond acceptors (Lipinski definition) is 3. The van der Waals surface area contributed by atoms with Crippen LogP contribution in [0.3, 0.4) is 0 Å². The fraction of sp³-hybridized carbons (Fsp3) is 0.722. The minimum atomic E-state index is -0.744. The molecule has 0 aromatic rings. The molecule has 0 amide bonds. The highest BCUT2D eigenvalue weighted by Gasteiger charge is 2.07. The largest absolute Gasteiger partial charge is 0.481 e. The van der Waals surface area contributed by atoms with E-state index in [4.69, 9.17) is 5.11 Å². The molecule has 0 fully saturated rings. The number of unbranched alkanes of at least 4 members (excludes halogenated alkanes) is 8. The van der Waals surface area contributed by atoms with Crippen molar-refractivity contribution in [1.29, 1.82) is 0 Å². The summed E-state index contributed by atoms with van der Waals surface area (Å²) in [6.45, 7) is 2.16. The normalized spacial score (nSPS) is 12.0. The summed E-state index contributed by atoms with van der Waals surface area (Å²) in [5.74, 6) is -0.744. The molecular weight excluding hydrogens is 294 g/mol. The predicted molar refractivity (Wildman–Crippen MR) is 92.9 cm³/mol. The molecule has 0 saturated heterocycles. The lowest BCUT2D eigenvalue weighted by Crippen LogP contribution is -1.97. The Hall–Kier alpha value is -1.65. The second-order valence-corrected chi connectivity index (χ2v) is 5.82. The lowest BCUT2D eigenvalue weighted by Gasteiger charge is -1.99. The van der Waals surface area contributed by atoms with Crippen LogP contribution in [0.1, 0.15) is 84.0 Å². The average Bonchev–Trinajstić information content (AvgIpc) is 2.50. The summed E-state index contributed by atoms with van der Waals surface area (Å²) in [6.07, 6.45) is 16.1. The molecule has 0 heterocycles. The zero-order chi connectivity index (χ0) is 17.3. The minimum absolute atomic E-state index is 0.232. The van der Waals surface area contributed by atoms with Crippen molar-refractivity contribution < 1.29 is 14.8 Å². The van der Waals surface area contributed by atoms with E-state index in [0.29, 0.717) is 12.8 Å². The van der Waals surface area contributed by atoms with E-state index in [-0.39, 0.29) is 17.0 Å². The Morgan fingerprint density at radius 3 is 2.30 bits per heavy atom. The average molecular weight is 325 g/mol. The summed E-state index contributed by atoms with van der Waals surface area (Å²) in [6, 6.07) is 0. The standard InChI is InChI=1S/C18H31NO4/c1-2-3-4-5-8-11-14-17(19(22)23)15-12-9-6-7-10-13-16-18(20)21/h8,11,15H,2-7,9-10,12-14,16H2,1H3,(H,20,21)/b11-8-,17-15+. The van der Waals surface area contributed by atoms with Gasteiger partial charge in [0.25, 0.3) is 0 Å². The van der Waals surface area contributed by atoms with Crippen molar-refractivity contribution >= 4 is 5.97 Å². The van der Waals surface area contributed by atoms with Gasteiger partial charge >= 0.3 is 5.97 Å². The van der Waals surface area contributed by atoms with Crippen LogP contribution >= 0.6 is 0 Å². The molecule has 0 spiro atoms. The molecule has 0 bridgehead atoms. The number of nitrogens with zero attached hydrogens (tertiary/aromatic N) is 1. The third kappa shape index (κ3) is 15.0. The predicted octanol–water partition coefficient (Wildman–Crippen LogP) is 5.49. The molecule has 5 nitrogen and oxygen atoms in total. The third-order valence-corrected chi connectivity index (χ3v) is 3.68. The molecule has 5 heteroatoms. The van der Waals surface area contributed by atoms with E-state index in [2.05, 4.69) is 6.92 Å². The zero-order valence-corrected chi connectivity index (χ0v) is 14.3. The summed E-state index contributed by atoms with van der Waals surface area (Å²) in [4.78, 5) is 21.1. The number of carbonyl (C=O) groups is 1. The summed E-state index contributed by atoms with van der Waals surface area (Å²) < 4.78 is 0. The highest BCUT2D eigenvalue weighted by molar-refractivity contribution is 5.66. The van der Waals surface area contributed by atoms with Crippen LogP contribution in [0, 0.1) is 10.1 Å². The molecule has 0 aromatic carbocycles. The van der Waals surface area contributed by atoms with Crippen LogP contribution in [-0.2, 0) is 4.79 Å². The van der Waals surface area contributed by atoms with Gasteiger partial charge in [-0.3, -0.25) is 14.9 Å². The van der Waals surface area contributed by atoms with Gasteiger partial charge in [-0.15, -0.1) is 0 Å². The van der Waals surface area contributed by atoms with Crippen LogP contribution in [0.2, 0.25) is 0 Å². The fourth-order valence-electron chi connectivity index (χ4n) is 2.29. The lowest BCUT2D eigenvalue weighted by molar-refractivity contribution is -0.427. The van der Waals surface area contributed by atoms with Crippen molar-refractivity contribution in [3.8, 4) is 0 Å². The summed E-state index contributed by atoms with van der Waals surface area (Å²) in [5.41, 5.74) is 0.280. The Labute approximate surface area is 139 Å². The highest BCUT2D eigenvalue weighted by atomic mass is 16.6. The molecule has 0 saturated carbocycles. The maximum atomic E-state index is 11.0. The molecular formula is C18H31NO4. The zero-order valence-electron chi connectivity index (χ0n) is 14.3. The Bertz CT molecular complexity index is 388. The Morgan fingerprint density at radius 1 is 1.00 bits per heavy atom. The summed E-state index contributed by atoms with van der Waals surface area (Å²) in [5, 5.41) is 19.5. The maximum Gasteiger partial charge on any atom is 0.303 e. The van der Waals surface area contributed by atoms with Crippen molar-refractivity contribution in [3.05, 3.63) is 34.0 Å². The summed E-state index contributed by atoms with van der Waals surface area (Å²) in [7, 11) is 0. The molecule has 132 valence electrons. The molecule has 0 aromatic heterocycles. The van der Waals surface area contributed by atoms with Gasteiger partial charge in [0.05, 0.1) is 11.3 Å². The number of rotatable bonds is 15. The molecule has 0 aliphatic rings. The van der Waals surface area contributed by atoms with E-state index < -0.39 is 5.97 Å². The molecule has 0 atom stereocenters. The van der Waals surface area contributed by atoms with Gasteiger partial charge in [-0.2, -0.15) is 0 Å². The highest BCUT2D eigenvalue weighted by Crippen LogP contribution is 2.11. The van der Waals surface area contributed by atoms with Crippen LogP contribution in [0.25, 0.3) is 0 Å². The van der Waals surface area contributed by atoms with E-state index >= 15 is 0 Å². The first-order chi connectivity index (χ1) is 11.1. The first-order valence-electron chi connectivity index (χ1n) is 8.78. The van der Waals surface area contributed by atoms with Crippen LogP contribution in [0.4, 0.5) is 0 Å². The van der Waals surface area contributed by atoms with Gasteiger partial charge in [0, 0.05) is 6.42 Å². The maximum absolute atomic E-state index is 11.0. The van der Waals surface area contributed by atoms with Gasteiger partial charge in [-0.05, 0) is 38.2 Å². The number of allylic oxidation sites excluding steroid dienone is 3. The van der Waals surface area contributed by atoms with Crippen molar-refractivity contribution in [1.82, 2.24) is 0 Å². The molecule has 0 rings (SSSR count). The van der Waals surface area contributed by atoms with Gasteiger partial charge < -0.3 is 5.11 Å². The van der Waals surface area contributed by atoms with Crippen LogP contribution in [0.15, 0.2) is 23.9 Å². The number of nitro groups is 1. The van der Waals surface area contributed by atoms with E-state index in [0.717, 1.165) is 44.9 Å². The second kappa shape index (κ2) is 15.3. The third-order valence-electron chi connectivity index (χ3n) is 3.68. The molecule has 0 aliphatic heterocycles. The monoisotopic (exact) mass is 325 g/mol. The van der Waals surface area contributed by atoms with Crippen molar-refractivity contribution in [2.75, 3.05) is 0 Å². The second-order valence-electron chi connectivity index (χ2n) is 5.82. The molecule has 0 unspecified atom stereocenters. The van der Waals surface area contributed by atoms with E-state index in [1.165, 1.54) is 12.8 Å². The number of aliphatic carboxylic acids is 1. The van der Waals surface area contributed by atoms with E-state index in [1.807, 2.05) is 12.2 Å². The fourth-order valence-corrected chi connectivity index (χ4v) is 2.29. The Morgan fingerprint density at radius 2 is 1.65 bits per heavy atom. The van der Waals surface area contributed by atoms with Gasteiger partial charge in [0.15, 0.2) is 0 Å². The minimum Gasteiger partial charge on any atom is -0.481 e. The Kier molecular flexibility index (Phi) is 14.2. The first-order valence-corrected chi connectivity index (χ1v) is 8.78. The van der Waals surface area contributed by atoms with E-state index in [9.17, 15) is 14.9 Å². The van der Waals surface area contributed by atoms with Crippen molar-refractivity contribution in [2.24, 2.45) is 0 Å². The van der Waals surface area contributed by atoms with E-state index in [1.54, 1.807) is 6.08 Å². The number of carboxylic acids is 1. The Balaban J connectivity index is 3.81. The van der Waals surface area contributed by atoms with Gasteiger partial charge in [0.1, 0.15) is 0 Å². The number of carboxylic acid groups (broad SMARTS) is 1. The number of hydrogen-bond donors (Lipinski definition) is 1. The summed E-state index contributed by atoms with van der Waals surface area (Å²) >= 11 is 0. The molecule has 0 radical (unpaired) electrons. The van der Waals surface area contributed by atoms with Crippen LogP contribution < -0.4 is 0 Å². The van der Waals surface area contributed by atoms with Crippen LogP contribution in [0.5, 0.6) is 0 Å². The lowest BCUT2D eigenvalue weighted by atomic mass is 10.1. The SMILES string of the molecule is CCCCC/C=C\C/C(=C\CCCCCCCC(=O)O)[N+](=O)[O-].